The fourth-order valence-electron chi connectivity index (χ4n) is 7.48. The molecule has 14 heteroatoms. The number of para-hydroxylation sites is 2. The van der Waals surface area contributed by atoms with E-state index in [4.69, 9.17) is 45.0 Å². The maximum atomic E-state index is 14.6. The average molecular weight is 762 g/mol. The molecule has 13 nitrogen and oxygen atoms in total. The highest BCUT2D eigenvalue weighted by Crippen LogP contribution is 2.56. The number of carbonyl (C=O) groups is 3. The van der Waals surface area contributed by atoms with Crippen molar-refractivity contribution in [3.63, 3.8) is 0 Å². The number of ether oxygens (including phenoxy) is 6. The van der Waals surface area contributed by atoms with Crippen LogP contribution in [0, 0.1) is 11.8 Å². The summed E-state index contributed by atoms with van der Waals surface area (Å²) in [6, 6.07) is 11.7. The number of ketones is 2. The molecule has 1 aliphatic heterocycles. The molecule has 0 radical (unpaired) electrons. The Kier molecular flexibility index (Phi) is 10.7. The van der Waals surface area contributed by atoms with Gasteiger partial charge in [0.2, 0.25) is 23.0 Å². The van der Waals surface area contributed by atoms with Gasteiger partial charge in [0, 0.05) is 36.3 Å². The van der Waals surface area contributed by atoms with Gasteiger partial charge in [-0.05, 0) is 35.7 Å². The summed E-state index contributed by atoms with van der Waals surface area (Å²) in [6.45, 7) is 5.66. The largest absolute Gasteiger partial charge is 0.507 e. The van der Waals surface area contributed by atoms with Crippen LogP contribution in [0.25, 0.3) is 11.0 Å². The van der Waals surface area contributed by atoms with Crippen molar-refractivity contribution in [3.05, 3.63) is 75.8 Å². The number of methoxy groups -OCH3 is 5. The zero-order chi connectivity index (χ0) is 39.1. The van der Waals surface area contributed by atoms with Crippen LogP contribution in [-0.2, 0) is 9.59 Å². The summed E-state index contributed by atoms with van der Waals surface area (Å²) in [5.41, 5.74) is -0.293. The summed E-state index contributed by atoms with van der Waals surface area (Å²) in [5.74, 6) is -2.59. The van der Waals surface area contributed by atoms with Gasteiger partial charge in [-0.2, -0.15) is 0 Å². The number of allylic oxidation sites excluding steroid dienone is 1. The van der Waals surface area contributed by atoms with Crippen LogP contribution in [-0.4, -0.2) is 73.7 Å². The van der Waals surface area contributed by atoms with Gasteiger partial charge >= 0.3 is 0 Å². The van der Waals surface area contributed by atoms with Gasteiger partial charge in [0.05, 0.1) is 52.6 Å². The first-order valence-electron chi connectivity index (χ1n) is 17.6. The molecule has 1 unspecified atom stereocenters. The first-order chi connectivity index (χ1) is 25.9. The number of fused-ring (bicyclic) bond motifs is 2. The molecule has 4 aromatic rings. The van der Waals surface area contributed by atoms with Gasteiger partial charge in [-0.25, -0.2) is 4.98 Å². The number of nitrogens with zero attached hydrogens (tertiary/aromatic N) is 1. The lowest BCUT2D eigenvalue weighted by Gasteiger charge is -2.39. The van der Waals surface area contributed by atoms with Crippen molar-refractivity contribution in [1.82, 2.24) is 15.3 Å². The van der Waals surface area contributed by atoms with Crippen molar-refractivity contribution in [1.29, 1.82) is 0 Å². The SMILES string of the molecule is CC[C@H](C)[C@H](NC(=O)CC(C1=C(O)[C@@]2(Oc3c(Cl)c(OC)cc(OC)c3C2=O)[C@H](C)CC1=O)c1cc(OC)c(OC)c(OC)c1)c1nc2ccccc2[nH]1. The van der Waals surface area contributed by atoms with E-state index in [1.165, 1.54) is 41.6 Å². The van der Waals surface area contributed by atoms with Crippen LogP contribution < -0.4 is 33.7 Å². The second-order valence-corrected chi connectivity index (χ2v) is 13.9. The number of benzene rings is 3. The van der Waals surface area contributed by atoms with E-state index in [1.54, 1.807) is 19.1 Å². The number of aromatic amines is 1. The van der Waals surface area contributed by atoms with Crippen molar-refractivity contribution >= 4 is 40.1 Å². The molecule has 3 aromatic carbocycles. The van der Waals surface area contributed by atoms with Crippen molar-refractivity contribution in [2.75, 3.05) is 35.5 Å². The maximum absolute atomic E-state index is 14.6. The third-order valence-electron chi connectivity index (χ3n) is 10.6. The average Bonchev–Trinajstić information content (AvgIpc) is 3.75. The molecule has 5 atom stereocenters. The first kappa shape index (κ1) is 38.3. The minimum absolute atomic E-state index is 0.000271. The number of hydrogen-bond donors (Lipinski definition) is 3. The number of halogens is 1. The highest BCUT2D eigenvalue weighted by atomic mass is 35.5. The van der Waals surface area contributed by atoms with Crippen LogP contribution >= 0.6 is 11.6 Å². The summed E-state index contributed by atoms with van der Waals surface area (Å²) in [4.78, 5) is 51.3. The van der Waals surface area contributed by atoms with Crippen LogP contribution in [0.1, 0.15) is 73.7 Å². The Morgan fingerprint density at radius 1 is 1.02 bits per heavy atom. The molecule has 54 heavy (non-hydrogen) atoms. The minimum atomic E-state index is -2.07. The summed E-state index contributed by atoms with van der Waals surface area (Å²) >= 11 is 6.67. The maximum Gasteiger partial charge on any atom is 0.231 e. The lowest BCUT2D eigenvalue weighted by molar-refractivity contribution is -0.122. The molecule has 3 N–H and O–H groups in total. The molecule has 1 amide bonds. The molecule has 286 valence electrons. The zero-order valence-corrected chi connectivity index (χ0v) is 32.2. The Morgan fingerprint density at radius 3 is 2.26 bits per heavy atom. The van der Waals surface area contributed by atoms with Gasteiger partial charge in [-0.15, -0.1) is 0 Å². The fraction of sp³-hybridized carbons (Fsp3) is 0.400. The molecule has 0 saturated carbocycles. The molecule has 1 spiro atoms. The number of Topliss-reactive ketones (excluding diaryl/α,β-unsaturated/α-hetero) is 2. The number of aliphatic hydroxyl groups is 1. The van der Waals surface area contributed by atoms with E-state index in [0.717, 1.165) is 17.5 Å². The van der Waals surface area contributed by atoms with Gasteiger partial charge in [-0.3, -0.25) is 14.4 Å². The van der Waals surface area contributed by atoms with E-state index in [2.05, 4.69) is 10.3 Å². The zero-order valence-electron chi connectivity index (χ0n) is 31.4. The Labute approximate surface area is 317 Å². The van der Waals surface area contributed by atoms with E-state index >= 15 is 0 Å². The molecule has 0 fully saturated rings. The van der Waals surface area contributed by atoms with E-state index in [1.807, 2.05) is 38.1 Å². The summed E-state index contributed by atoms with van der Waals surface area (Å²) in [6.07, 6.45) is 0.188. The van der Waals surface area contributed by atoms with E-state index < -0.39 is 46.7 Å². The van der Waals surface area contributed by atoms with Gasteiger partial charge in [-0.1, -0.05) is 50.9 Å². The molecule has 0 saturated heterocycles. The standard InChI is InChI=1S/C40H44ClN3O10/c1-9-19(2)34(39-42-23-12-10-11-13-24(23)43-39)44-30(46)17-22(21-15-28(51-6)35(53-8)29(16-21)52-7)31-25(45)14-20(3)40(37(31)47)38(48)32-26(49-4)18-27(50-5)33(41)36(32)54-40/h10-13,15-16,18-20,22,34,47H,9,14,17H2,1-8H3,(H,42,43)(H,44,46)/t19-,20+,22?,34-,40-/m0/s1. The third-order valence-corrected chi connectivity index (χ3v) is 10.9. The predicted molar refractivity (Wildman–Crippen MR) is 201 cm³/mol. The summed E-state index contributed by atoms with van der Waals surface area (Å²) in [5, 5.41) is 15.6. The summed E-state index contributed by atoms with van der Waals surface area (Å²) in [7, 11) is 7.13. The predicted octanol–water partition coefficient (Wildman–Crippen LogP) is 7.07. The van der Waals surface area contributed by atoms with Gasteiger partial charge in [0.15, 0.2) is 28.8 Å². The van der Waals surface area contributed by atoms with Crippen LogP contribution in [0.3, 0.4) is 0 Å². The molecular weight excluding hydrogens is 718 g/mol. The molecule has 2 aliphatic rings. The van der Waals surface area contributed by atoms with Gasteiger partial charge < -0.3 is 43.8 Å². The number of nitrogens with one attached hydrogen (secondary N) is 2. The molecule has 1 aromatic heterocycles. The van der Waals surface area contributed by atoms with Crippen LogP contribution in [0.2, 0.25) is 5.02 Å². The van der Waals surface area contributed by atoms with E-state index in [-0.39, 0.29) is 69.4 Å². The topological polar surface area (TPSA) is 168 Å². The van der Waals surface area contributed by atoms with Crippen LogP contribution in [0.15, 0.2) is 53.8 Å². The lowest BCUT2D eigenvalue weighted by Crippen LogP contribution is -2.53. The highest BCUT2D eigenvalue weighted by Gasteiger charge is 2.61. The van der Waals surface area contributed by atoms with Gasteiger partial charge in [0.1, 0.15) is 27.9 Å². The smallest absolute Gasteiger partial charge is 0.231 e. The molecule has 0 bridgehead atoms. The normalized spacial score (nSPS) is 19.6. The Bertz CT molecular complexity index is 2100. The third kappa shape index (κ3) is 6.23. The number of imidazole rings is 1. The lowest BCUT2D eigenvalue weighted by atomic mass is 9.69. The monoisotopic (exact) mass is 761 g/mol. The molecule has 6 rings (SSSR count). The van der Waals surface area contributed by atoms with Crippen molar-refractivity contribution in [3.8, 4) is 34.5 Å². The number of aliphatic hydroxyl groups excluding tert-OH is 1. The molecule has 2 heterocycles. The Balaban J connectivity index is 1.51. The Morgan fingerprint density at radius 2 is 1.67 bits per heavy atom. The number of carbonyl (C=O) groups excluding carboxylic acids is 3. The number of H-pyrrole nitrogens is 1. The molecule has 1 aliphatic carbocycles. The second kappa shape index (κ2) is 15.1. The fourth-order valence-corrected chi connectivity index (χ4v) is 7.75. The summed E-state index contributed by atoms with van der Waals surface area (Å²) < 4.78 is 34.2. The quantitative estimate of drug-likeness (QED) is 0.127. The molecular formula is C40H44ClN3O10. The second-order valence-electron chi connectivity index (χ2n) is 13.5. The number of amides is 1. The first-order valence-corrected chi connectivity index (χ1v) is 18.0. The van der Waals surface area contributed by atoms with Crippen LogP contribution in [0.4, 0.5) is 0 Å². The number of aromatic nitrogens is 2. The van der Waals surface area contributed by atoms with Crippen molar-refractivity contribution in [2.24, 2.45) is 11.8 Å². The van der Waals surface area contributed by atoms with Crippen molar-refractivity contribution in [2.45, 2.75) is 57.6 Å². The van der Waals surface area contributed by atoms with E-state index in [0.29, 0.717) is 11.4 Å². The Hall–Kier alpha value is -5.43. The van der Waals surface area contributed by atoms with E-state index in [9.17, 15) is 19.5 Å². The number of hydrogen-bond acceptors (Lipinski definition) is 11. The van der Waals surface area contributed by atoms with Gasteiger partial charge in [0.25, 0.3) is 0 Å². The highest BCUT2D eigenvalue weighted by molar-refractivity contribution is 6.35. The van der Waals surface area contributed by atoms with Crippen molar-refractivity contribution < 1.29 is 47.9 Å². The minimum Gasteiger partial charge on any atom is -0.507 e. The van der Waals surface area contributed by atoms with Crippen LogP contribution in [0.5, 0.6) is 34.5 Å². The number of rotatable bonds is 13.